The summed E-state index contributed by atoms with van der Waals surface area (Å²) >= 11 is 0. The Kier molecular flexibility index (Phi) is 7.04. The number of esters is 2. The third kappa shape index (κ3) is 5.08. The molecule has 11 heteroatoms. The van der Waals surface area contributed by atoms with Crippen LogP contribution in [0, 0.1) is 0 Å². The predicted molar refractivity (Wildman–Crippen MR) is 103 cm³/mol. The number of rotatable bonds is 4. The van der Waals surface area contributed by atoms with Gasteiger partial charge in [0, 0.05) is 12.1 Å². The summed E-state index contributed by atoms with van der Waals surface area (Å²) in [5.74, 6) is -2.85. The highest BCUT2D eigenvalue weighted by Crippen LogP contribution is 2.14. The lowest BCUT2D eigenvalue weighted by Crippen LogP contribution is -2.12. The molecule has 0 spiro atoms. The van der Waals surface area contributed by atoms with E-state index >= 15 is 0 Å². The Bertz CT molecular complexity index is 1070. The van der Waals surface area contributed by atoms with Gasteiger partial charge in [0.1, 0.15) is 5.69 Å². The SMILES string of the molecule is COC(=O)c1cc(C(=O)O)nc2nc(O)cn12.COC(=O)c1ccc([C@H](C)N)cc1. The lowest BCUT2D eigenvalue weighted by atomic mass is 10.1. The van der Waals surface area contributed by atoms with E-state index in [0.717, 1.165) is 29.3 Å². The molecule has 0 fully saturated rings. The summed E-state index contributed by atoms with van der Waals surface area (Å²) in [6.07, 6.45) is 1.14. The van der Waals surface area contributed by atoms with Crippen LogP contribution in [0.2, 0.25) is 0 Å². The van der Waals surface area contributed by atoms with E-state index in [1.165, 1.54) is 7.11 Å². The largest absolute Gasteiger partial charge is 0.492 e. The average Bonchev–Trinajstić information content (AvgIpc) is 3.12. The van der Waals surface area contributed by atoms with Crippen molar-refractivity contribution in [2.24, 2.45) is 5.73 Å². The Morgan fingerprint density at radius 3 is 2.17 bits per heavy atom. The first kappa shape index (κ1) is 22.3. The number of ether oxygens (including phenoxy) is 2. The van der Waals surface area contributed by atoms with Crippen LogP contribution in [0.4, 0.5) is 0 Å². The summed E-state index contributed by atoms with van der Waals surface area (Å²) in [5.41, 5.74) is 6.77. The fourth-order valence-corrected chi connectivity index (χ4v) is 2.37. The molecule has 3 rings (SSSR count). The number of nitrogens with zero attached hydrogens (tertiary/aromatic N) is 3. The van der Waals surface area contributed by atoms with Gasteiger partial charge in [0.05, 0.1) is 26.0 Å². The Labute approximate surface area is 170 Å². The molecule has 1 atom stereocenters. The van der Waals surface area contributed by atoms with E-state index in [1.807, 2.05) is 19.1 Å². The zero-order chi connectivity index (χ0) is 22.4. The number of benzene rings is 1. The maximum absolute atomic E-state index is 11.4. The van der Waals surface area contributed by atoms with Crippen molar-refractivity contribution < 1.29 is 34.1 Å². The van der Waals surface area contributed by atoms with Crippen molar-refractivity contribution in [1.29, 1.82) is 0 Å². The van der Waals surface area contributed by atoms with Gasteiger partial charge in [0.2, 0.25) is 11.7 Å². The molecular weight excluding hydrogens is 396 g/mol. The lowest BCUT2D eigenvalue weighted by molar-refractivity contribution is 0.0586. The molecule has 0 saturated heterocycles. The fraction of sp³-hybridized carbons (Fsp3) is 0.211. The van der Waals surface area contributed by atoms with Crippen LogP contribution < -0.4 is 5.73 Å². The molecule has 2 aromatic heterocycles. The van der Waals surface area contributed by atoms with Gasteiger partial charge in [-0.1, -0.05) is 12.1 Å². The van der Waals surface area contributed by atoms with Gasteiger partial charge < -0.3 is 25.4 Å². The molecule has 0 radical (unpaired) electrons. The summed E-state index contributed by atoms with van der Waals surface area (Å²) in [6.45, 7) is 1.90. The normalized spacial score (nSPS) is 11.2. The lowest BCUT2D eigenvalue weighted by Gasteiger charge is -2.05. The monoisotopic (exact) mass is 416 g/mol. The van der Waals surface area contributed by atoms with Crippen LogP contribution in [-0.4, -0.2) is 56.7 Å². The number of nitrogens with two attached hydrogens (primary N) is 1. The van der Waals surface area contributed by atoms with Crippen LogP contribution in [0.15, 0.2) is 36.5 Å². The standard InChI is InChI=1S/C10H13NO2.C9H7N3O5/c1-7(11)8-3-5-9(6-4-8)10(12)13-2;1-17-8(16)5-2-4(7(14)15)10-9-11-6(13)3-12(5)9/h3-7H,11H2,1-2H3;2-3,13H,1H3,(H,14,15)/t7-;/m0./s1. The highest BCUT2D eigenvalue weighted by Gasteiger charge is 2.18. The third-order valence-electron chi connectivity index (χ3n) is 3.90. The highest BCUT2D eigenvalue weighted by atomic mass is 16.5. The van der Waals surface area contributed by atoms with Crippen molar-refractivity contribution in [3.8, 4) is 5.88 Å². The summed E-state index contributed by atoms with van der Waals surface area (Å²) in [7, 11) is 2.52. The van der Waals surface area contributed by atoms with Crippen LogP contribution in [0.25, 0.3) is 5.78 Å². The molecule has 3 aromatic rings. The van der Waals surface area contributed by atoms with Gasteiger partial charge in [-0.05, 0) is 24.6 Å². The molecule has 1 aromatic carbocycles. The maximum Gasteiger partial charge on any atom is 0.355 e. The van der Waals surface area contributed by atoms with Gasteiger partial charge in [-0.3, -0.25) is 4.40 Å². The quantitative estimate of drug-likeness (QED) is 0.529. The van der Waals surface area contributed by atoms with Crippen LogP contribution in [0.5, 0.6) is 5.88 Å². The van der Waals surface area contributed by atoms with Gasteiger partial charge in [0.25, 0.3) is 0 Å². The first-order valence-electron chi connectivity index (χ1n) is 8.52. The van der Waals surface area contributed by atoms with E-state index in [-0.39, 0.29) is 35.1 Å². The van der Waals surface area contributed by atoms with Crippen molar-refractivity contribution in [3.05, 3.63) is 59.0 Å². The molecule has 0 aliphatic carbocycles. The van der Waals surface area contributed by atoms with Crippen molar-refractivity contribution in [3.63, 3.8) is 0 Å². The Hall–Kier alpha value is -3.99. The Morgan fingerprint density at radius 2 is 1.67 bits per heavy atom. The first-order chi connectivity index (χ1) is 14.2. The summed E-state index contributed by atoms with van der Waals surface area (Å²) in [6, 6.07) is 8.12. The Balaban J connectivity index is 0.000000222. The van der Waals surface area contributed by atoms with Crippen LogP contribution >= 0.6 is 0 Å². The molecule has 0 bridgehead atoms. The number of carbonyl (C=O) groups excluding carboxylic acids is 2. The van der Waals surface area contributed by atoms with Gasteiger partial charge in [-0.2, -0.15) is 4.98 Å². The van der Waals surface area contributed by atoms with Crippen LogP contribution in [-0.2, 0) is 9.47 Å². The number of imidazole rings is 1. The number of hydrogen-bond donors (Lipinski definition) is 3. The molecule has 0 unspecified atom stereocenters. The van der Waals surface area contributed by atoms with Gasteiger partial charge in [0.15, 0.2) is 5.69 Å². The molecule has 30 heavy (non-hydrogen) atoms. The highest BCUT2D eigenvalue weighted by molar-refractivity contribution is 5.93. The number of carbonyl (C=O) groups is 3. The second-order valence-electron chi connectivity index (χ2n) is 5.99. The van der Waals surface area contributed by atoms with Crippen LogP contribution in [0.1, 0.15) is 49.9 Å². The van der Waals surface area contributed by atoms with Crippen LogP contribution in [0.3, 0.4) is 0 Å². The number of carboxylic acid groups (broad SMARTS) is 1. The summed E-state index contributed by atoms with van der Waals surface area (Å²) < 4.78 is 10.2. The number of carboxylic acids is 1. The van der Waals surface area contributed by atoms with E-state index in [1.54, 1.807) is 12.1 Å². The molecule has 0 amide bonds. The van der Waals surface area contributed by atoms with Crippen molar-refractivity contribution in [1.82, 2.24) is 14.4 Å². The average molecular weight is 416 g/mol. The molecule has 4 N–H and O–H groups in total. The van der Waals surface area contributed by atoms with Crippen molar-refractivity contribution in [2.75, 3.05) is 14.2 Å². The molecular formula is C19H20N4O7. The molecule has 0 aliphatic heterocycles. The molecule has 2 heterocycles. The molecule has 11 nitrogen and oxygen atoms in total. The molecule has 0 aliphatic rings. The van der Waals surface area contributed by atoms with Gasteiger partial charge in [-0.15, -0.1) is 0 Å². The van der Waals surface area contributed by atoms with Gasteiger partial charge in [-0.25, -0.2) is 19.4 Å². The fourth-order valence-electron chi connectivity index (χ4n) is 2.37. The summed E-state index contributed by atoms with van der Waals surface area (Å²) in [5, 5.41) is 18.0. The number of hydrogen-bond acceptors (Lipinski definition) is 9. The summed E-state index contributed by atoms with van der Waals surface area (Å²) in [4.78, 5) is 40.5. The van der Waals surface area contributed by atoms with E-state index in [0.29, 0.717) is 5.56 Å². The zero-order valence-corrected chi connectivity index (χ0v) is 16.4. The predicted octanol–water partition coefficient (Wildman–Crippen LogP) is 1.41. The molecule has 158 valence electrons. The maximum atomic E-state index is 11.4. The van der Waals surface area contributed by atoms with Crippen molar-refractivity contribution >= 4 is 23.7 Å². The Morgan fingerprint density at radius 1 is 1.07 bits per heavy atom. The number of methoxy groups -OCH3 is 2. The van der Waals surface area contributed by atoms with E-state index in [2.05, 4.69) is 19.4 Å². The minimum absolute atomic E-state index is 0.00769. The van der Waals surface area contributed by atoms with E-state index in [9.17, 15) is 19.5 Å². The second kappa shape index (κ2) is 9.47. The first-order valence-corrected chi connectivity index (χ1v) is 8.52. The minimum atomic E-state index is -1.31. The van der Waals surface area contributed by atoms with E-state index in [4.69, 9.17) is 10.8 Å². The number of aromatic carboxylic acids is 1. The number of aromatic hydroxyl groups is 1. The number of fused-ring (bicyclic) bond motifs is 1. The smallest absolute Gasteiger partial charge is 0.355 e. The topological polar surface area (TPSA) is 166 Å². The zero-order valence-electron chi connectivity index (χ0n) is 16.4. The minimum Gasteiger partial charge on any atom is -0.492 e. The third-order valence-corrected chi connectivity index (χ3v) is 3.90. The molecule has 0 saturated carbocycles. The van der Waals surface area contributed by atoms with Gasteiger partial charge >= 0.3 is 17.9 Å². The van der Waals surface area contributed by atoms with E-state index < -0.39 is 11.9 Å². The second-order valence-corrected chi connectivity index (χ2v) is 5.99. The number of aromatic nitrogens is 3. The van der Waals surface area contributed by atoms with Crippen molar-refractivity contribution in [2.45, 2.75) is 13.0 Å².